The fraction of sp³-hybridized carbons (Fsp3) is 0.562. The highest BCUT2D eigenvalue weighted by molar-refractivity contribution is 5.69. The summed E-state index contributed by atoms with van der Waals surface area (Å²) in [5, 5.41) is 3.15. The molecule has 0 saturated carbocycles. The summed E-state index contributed by atoms with van der Waals surface area (Å²) in [5.41, 5.74) is 1.85. The first-order valence-corrected chi connectivity index (χ1v) is 7.40. The predicted octanol–water partition coefficient (Wildman–Crippen LogP) is 2.79. The topological polar surface area (TPSA) is 44.8 Å². The molecule has 1 aliphatic heterocycles. The molecular formula is C16H25N3O2. The van der Waals surface area contributed by atoms with Crippen molar-refractivity contribution in [3.8, 4) is 0 Å². The Morgan fingerprint density at radius 3 is 2.43 bits per heavy atom. The van der Waals surface area contributed by atoms with Crippen LogP contribution in [0, 0.1) is 0 Å². The van der Waals surface area contributed by atoms with Crippen LogP contribution >= 0.6 is 0 Å². The first-order valence-electron chi connectivity index (χ1n) is 7.40. The molecule has 1 aromatic carbocycles. The molecule has 0 spiro atoms. The fourth-order valence-electron chi connectivity index (χ4n) is 2.33. The van der Waals surface area contributed by atoms with Gasteiger partial charge in [-0.05, 0) is 39.0 Å². The number of hydrogen-bond donors (Lipinski definition) is 1. The van der Waals surface area contributed by atoms with Gasteiger partial charge in [0, 0.05) is 44.6 Å². The minimum Gasteiger partial charge on any atom is -0.444 e. The number of ether oxygens (including phenoxy) is 1. The summed E-state index contributed by atoms with van der Waals surface area (Å²) < 4.78 is 5.41. The van der Waals surface area contributed by atoms with Crippen LogP contribution in [0.3, 0.4) is 0 Å². The molecular weight excluding hydrogens is 266 g/mol. The van der Waals surface area contributed by atoms with Gasteiger partial charge >= 0.3 is 6.09 Å². The van der Waals surface area contributed by atoms with E-state index < -0.39 is 5.60 Å². The zero-order valence-electron chi connectivity index (χ0n) is 13.3. The number of hydrogen-bond acceptors (Lipinski definition) is 4. The molecule has 1 N–H and O–H groups in total. The Bertz CT molecular complexity index is 489. The Balaban J connectivity index is 1.92. The average molecular weight is 291 g/mol. The fourth-order valence-corrected chi connectivity index (χ4v) is 2.33. The monoisotopic (exact) mass is 291 g/mol. The number of anilines is 2. The summed E-state index contributed by atoms with van der Waals surface area (Å²) in [4.78, 5) is 16.1. The van der Waals surface area contributed by atoms with E-state index >= 15 is 0 Å². The Labute approximate surface area is 126 Å². The number of piperazine rings is 1. The third-order valence-electron chi connectivity index (χ3n) is 3.43. The van der Waals surface area contributed by atoms with Gasteiger partial charge in [-0.3, -0.25) is 0 Å². The molecule has 116 valence electrons. The van der Waals surface area contributed by atoms with Gasteiger partial charge < -0.3 is 19.9 Å². The van der Waals surface area contributed by atoms with Gasteiger partial charge in [0.1, 0.15) is 5.60 Å². The normalized spacial score (nSPS) is 15.8. The lowest BCUT2D eigenvalue weighted by molar-refractivity contribution is 0.0240. The average Bonchev–Trinajstić information content (AvgIpc) is 2.46. The van der Waals surface area contributed by atoms with E-state index in [0.29, 0.717) is 13.1 Å². The molecule has 5 nitrogen and oxygen atoms in total. The van der Waals surface area contributed by atoms with Crippen LogP contribution in [-0.4, -0.2) is 49.8 Å². The molecule has 1 aliphatic rings. The van der Waals surface area contributed by atoms with Crippen molar-refractivity contribution in [3.05, 3.63) is 24.3 Å². The van der Waals surface area contributed by atoms with E-state index in [-0.39, 0.29) is 6.09 Å². The zero-order valence-corrected chi connectivity index (χ0v) is 13.3. The second-order valence-corrected chi connectivity index (χ2v) is 6.25. The molecule has 21 heavy (non-hydrogen) atoms. The predicted molar refractivity (Wildman–Crippen MR) is 86.0 cm³/mol. The molecule has 0 bridgehead atoms. The van der Waals surface area contributed by atoms with Crippen molar-refractivity contribution in [2.75, 3.05) is 43.4 Å². The van der Waals surface area contributed by atoms with Crippen molar-refractivity contribution in [2.24, 2.45) is 0 Å². The largest absolute Gasteiger partial charge is 0.444 e. The number of carbonyl (C=O) groups is 1. The van der Waals surface area contributed by atoms with Crippen molar-refractivity contribution in [1.82, 2.24) is 4.90 Å². The van der Waals surface area contributed by atoms with Crippen LogP contribution < -0.4 is 10.2 Å². The van der Waals surface area contributed by atoms with E-state index in [9.17, 15) is 4.79 Å². The summed E-state index contributed by atoms with van der Waals surface area (Å²) in [6.45, 7) is 8.72. The van der Waals surface area contributed by atoms with Crippen LogP contribution in [0.5, 0.6) is 0 Å². The lowest BCUT2D eigenvalue weighted by Crippen LogP contribution is -2.50. The summed E-state index contributed by atoms with van der Waals surface area (Å²) in [6.07, 6.45) is -0.217. The highest BCUT2D eigenvalue weighted by atomic mass is 16.6. The van der Waals surface area contributed by atoms with Gasteiger partial charge in [-0.2, -0.15) is 0 Å². The summed E-state index contributed by atoms with van der Waals surface area (Å²) in [7, 11) is 1.92. The Hall–Kier alpha value is -1.91. The SMILES string of the molecule is CNc1cccc(N2CCN(C(=O)OC(C)(C)C)CC2)c1. The molecule has 0 atom stereocenters. The third kappa shape index (κ3) is 4.28. The van der Waals surface area contributed by atoms with Gasteiger partial charge in [0.2, 0.25) is 0 Å². The van der Waals surface area contributed by atoms with E-state index in [0.717, 1.165) is 18.8 Å². The molecule has 1 saturated heterocycles. The smallest absolute Gasteiger partial charge is 0.410 e. The van der Waals surface area contributed by atoms with Crippen molar-refractivity contribution in [3.63, 3.8) is 0 Å². The Morgan fingerprint density at radius 2 is 1.86 bits per heavy atom. The Morgan fingerprint density at radius 1 is 1.19 bits per heavy atom. The van der Waals surface area contributed by atoms with Gasteiger partial charge in [-0.25, -0.2) is 4.79 Å². The number of nitrogens with zero attached hydrogens (tertiary/aromatic N) is 2. The number of rotatable bonds is 2. The number of benzene rings is 1. The number of carbonyl (C=O) groups excluding carboxylic acids is 1. The van der Waals surface area contributed by atoms with Crippen LogP contribution in [0.4, 0.5) is 16.2 Å². The van der Waals surface area contributed by atoms with Crippen molar-refractivity contribution < 1.29 is 9.53 Å². The number of nitrogens with one attached hydrogen (secondary N) is 1. The first kappa shape index (κ1) is 15.5. The van der Waals surface area contributed by atoms with Crippen LogP contribution in [0.25, 0.3) is 0 Å². The molecule has 0 radical (unpaired) electrons. The minimum atomic E-state index is -0.435. The Kier molecular flexibility index (Phi) is 4.60. The lowest BCUT2D eigenvalue weighted by Gasteiger charge is -2.36. The van der Waals surface area contributed by atoms with E-state index in [1.165, 1.54) is 5.69 Å². The third-order valence-corrected chi connectivity index (χ3v) is 3.43. The highest BCUT2D eigenvalue weighted by Gasteiger charge is 2.25. The lowest BCUT2D eigenvalue weighted by atomic mass is 10.2. The van der Waals surface area contributed by atoms with Gasteiger partial charge in [-0.15, -0.1) is 0 Å². The second kappa shape index (κ2) is 6.24. The number of amides is 1. The van der Waals surface area contributed by atoms with E-state index in [4.69, 9.17) is 4.74 Å². The van der Waals surface area contributed by atoms with Crippen LogP contribution in [0.1, 0.15) is 20.8 Å². The molecule has 2 rings (SSSR count). The molecule has 1 fully saturated rings. The molecule has 1 aromatic rings. The molecule has 0 aromatic heterocycles. The summed E-state index contributed by atoms with van der Waals surface area (Å²) in [6, 6.07) is 8.31. The van der Waals surface area contributed by atoms with Gasteiger partial charge in [-0.1, -0.05) is 6.07 Å². The molecule has 5 heteroatoms. The second-order valence-electron chi connectivity index (χ2n) is 6.25. The van der Waals surface area contributed by atoms with E-state index in [1.54, 1.807) is 4.90 Å². The van der Waals surface area contributed by atoms with Crippen LogP contribution in [0.2, 0.25) is 0 Å². The highest BCUT2D eigenvalue weighted by Crippen LogP contribution is 2.21. The standard InChI is InChI=1S/C16H25N3O2/c1-16(2,3)21-15(20)19-10-8-18(9-11-19)14-7-5-6-13(12-14)17-4/h5-7,12,17H,8-11H2,1-4H3. The maximum atomic E-state index is 12.0. The maximum Gasteiger partial charge on any atom is 0.410 e. The minimum absolute atomic E-state index is 0.217. The van der Waals surface area contributed by atoms with Gasteiger partial charge in [0.05, 0.1) is 0 Å². The van der Waals surface area contributed by atoms with Gasteiger partial charge in [0.15, 0.2) is 0 Å². The van der Waals surface area contributed by atoms with Crippen molar-refractivity contribution in [2.45, 2.75) is 26.4 Å². The van der Waals surface area contributed by atoms with Crippen molar-refractivity contribution in [1.29, 1.82) is 0 Å². The first-order chi connectivity index (χ1) is 9.89. The summed E-state index contributed by atoms with van der Waals surface area (Å²) in [5.74, 6) is 0. The van der Waals surface area contributed by atoms with Crippen LogP contribution in [0.15, 0.2) is 24.3 Å². The quantitative estimate of drug-likeness (QED) is 0.910. The zero-order chi connectivity index (χ0) is 15.5. The molecule has 0 aliphatic carbocycles. The van der Waals surface area contributed by atoms with E-state index in [2.05, 4.69) is 22.3 Å². The summed E-state index contributed by atoms with van der Waals surface area (Å²) >= 11 is 0. The van der Waals surface area contributed by atoms with Gasteiger partial charge in [0.25, 0.3) is 0 Å². The molecule has 0 unspecified atom stereocenters. The molecule has 1 amide bonds. The van der Waals surface area contributed by atoms with E-state index in [1.807, 2.05) is 40.0 Å². The maximum absolute atomic E-state index is 12.0. The van der Waals surface area contributed by atoms with Crippen molar-refractivity contribution >= 4 is 17.5 Å². The van der Waals surface area contributed by atoms with Crippen LogP contribution in [-0.2, 0) is 4.74 Å². The molecule has 1 heterocycles.